The minimum atomic E-state index is -0.862. The van der Waals surface area contributed by atoms with E-state index in [0.29, 0.717) is 11.3 Å². The third kappa shape index (κ3) is 2.42. The van der Waals surface area contributed by atoms with Crippen LogP contribution in [0.2, 0.25) is 0 Å². The molecule has 0 aliphatic heterocycles. The van der Waals surface area contributed by atoms with E-state index in [-0.39, 0.29) is 6.42 Å². The van der Waals surface area contributed by atoms with E-state index in [1.165, 1.54) is 0 Å². The summed E-state index contributed by atoms with van der Waals surface area (Å²) >= 11 is 3.40. The van der Waals surface area contributed by atoms with Crippen LogP contribution < -0.4 is 4.74 Å². The Bertz CT molecular complexity index is 578. The summed E-state index contributed by atoms with van der Waals surface area (Å²) in [5.41, 5.74) is 0.713. The normalized spacial score (nSPS) is 10.5. The maximum Gasteiger partial charge on any atom is 0.307 e. The molecule has 2 aromatic rings. The SMILES string of the molecule is COc1ccc2cc(Br)ccc2c1CC(=O)O. The van der Waals surface area contributed by atoms with Gasteiger partial charge in [-0.1, -0.05) is 28.1 Å². The summed E-state index contributed by atoms with van der Waals surface area (Å²) in [6.45, 7) is 0. The number of rotatable bonds is 3. The fourth-order valence-corrected chi connectivity index (χ4v) is 2.25. The number of halogens is 1. The van der Waals surface area contributed by atoms with Gasteiger partial charge in [0.05, 0.1) is 13.5 Å². The minimum absolute atomic E-state index is 0.0395. The molecule has 0 saturated carbocycles. The average molecular weight is 295 g/mol. The lowest BCUT2D eigenvalue weighted by Gasteiger charge is -2.10. The molecule has 0 aliphatic rings. The Morgan fingerprint density at radius 3 is 2.76 bits per heavy atom. The zero-order valence-corrected chi connectivity index (χ0v) is 10.8. The molecular weight excluding hydrogens is 284 g/mol. The number of carboxylic acids is 1. The van der Waals surface area contributed by atoms with E-state index in [9.17, 15) is 4.79 Å². The van der Waals surface area contributed by atoms with Crippen LogP contribution in [-0.2, 0) is 11.2 Å². The Balaban J connectivity index is 2.69. The predicted molar refractivity (Wildman–Crippen MR) is 69.5 cm³/mol. The first-order chi connectivity index (χ1) is 8.11. The molecule has 0 atom stereocenters. The molecule has 2 rings (SSSR count). The Morgan fingerprint density at radius 2 is 2.12 bits per heavy atom. The first-order valence-electron chi connectivity index (χ1n) is 5.08. The Labute approximate surface area is 107 Å². The maximum absolute atomic E-state index is 10.9. The van der Waals surface area contributed by atoms with E-state index < -0.39 is 5.97 Å². The van der Waals surface area contributed by atoms with Gasteiger partial charge in [0.1, 0.15) is 5.75 Å². The van der Waals surface area contributed by atoms with Gasteiger partial charge in [-0.25, -0.2) is 0 Å². The van der Waals surface area contributed by atoms with Crippen molar-refractivity contribution < 1.29 is 14.6 Å². The monoisotopic (exact) mass is 294 g/mol. The van der Waals surface area contributed by atoms with E-state index >= 15 is 0 Å². The number of ether oxygens (including phenoxy) is 1. The third-order valence-electron chi connectivity index (χ3n) is 2.60. The van der Waals surface area contributed by atoms with Gasteiger partial charge < -0.3 is 9.84 Å². The molecule has 88 valence electrons. The highest BCUT2D eigenvalue weighted by Crippen LogP contribution is 2.30. The van der Waals surface area contributed by atoms with Gasteiger partial charge in [0.15, 0.2) is 0 Å². The fourth-order valence-electron chi connectivity index (χ4n) is 1.87. The van der Waals surface area contributed by atoms with Crippen LogP contribution in [0.4, 0.5) is 0 Å². The molecule has 3 nitrogen and oxygen atoms in total. The van der Waals surface area contributed by atoms with Crippen molar-refractivity contribution in [3.63, 3.8) is 0 Å². The summed E-state index contributed by atoms with van der Waals surface area (Å²) in [5, 5.41) is 10.8. The summed E-state index contributed by atoms with van der Waals surface area (Å²) in [6.07, 6.45) is -0.0395. The zero-order chi connectivity index (χ0) is 12.4. The van der Waals surface area contributed by atoms with Crippen molar-refractivity contribution in [2.75, 3.05) is 7.11 Å². The van der Waals surface area contributed by atoms with Crippen LogP contribution in [0.1, 0.15) is 5.56 Å². The highest BCUT2D eigenvalue weighted by atomic mass is 79.9. The van der Waals surface area contributed by atoms with Gasteiger partial charge in [-0.2, -0.15) is 0 Å². The molecule has 17 heavy (non-hydrogen) atoms. The van der Waals surface area contributed by atoms with Crippen molar-refractivity contribution in [3.05, 3.63) is 40.4 Å². The standard InChI is InChI=1S/C13H11BrO3/c1-17-12-5-2-8-6-9(14)3-4-10(8)11(12)7-13(15)16/h2-6H,7H2,1H3,(H,15,16). The van der Waals surface area contributed by atoms with Gasteiger partial charge >= 0.3 is 5.97 Å². The predicted octanol–water partition coefficient (Wildman–Crippen LogP) is 3.24. The van der Waals surface area contributed by atoms with Gasteiger partial charge in [-0.05, 0) is 29.0 Å². The largest absolute Gasteiger partial charge is 0.496 e. The fraction of sp³-hybridized carbons (Fsp3) is 0.154. The van der Waals surface area contributed by atoms with Crippen LogP contribution in [0, 0.1) is 0 Å². The van der Waals surface area contributed by atoms with Crippen molar-refractivity contribution in [1.29, 1.82) is 0 Å². The number of aliphatic carboxylic acids is 1. The Hall–Kier alpha value is -1.55. The number of fused-ring (bicyclic) bond motifs is 1. The van der Waals surface area contributed by atoms with Crippen molar-refractivity contribution >= 4 is 32.7 Å². The number of hydrogen-bond donors (Lipinski definition) is 1. The van der Waals surface area contributed by atoms with Crippen molar-refractivity contribution in [2.24, 2.45) is 0 Å². The molecule has 0 bridgehead atoms. The summed E-state index contributed by atoms with van der Waals surface area (Å²) in [7, 11) is 1.55. The molecule has 0 aromatic heterocycles. The molecular formula is C13H11BrO3. The van der Waals surface area contributed by atoms with E-state index in [0.717, 1.165) is 15.2 Å². The molecule has 2 aromatic carbocycles. The molecule has 4 heteroatoms. The van der Waals surface area contributed by atoms with Crippen LogP contribution in [0.25, 0.3) is 10.8 Å². The summed E-state index contributed by atoms with van der Waals surface area (Å²) in [5.74, 6) is -0.249. The third-order valence-corrected chi connectivity index (χ3v) is 3.09. The molecule has 0 amide bonds. The molecule has 0 spiro atoms. The van der Waals surface area contributed by atoms with Gasteiger partial charge in [-0.3, -0.25) is 4.79 Å². The van der Waals surface area contributed by atoms with Crippen molar-refractivity contribution in [2.45, 2.75) is 6.42 Å². The van der Waals surface area contributed by atoms with Crippen molar-refractivity contribution in [1.82, 2.24) is 0 Å². The molecule has 1 N–H and O–H groups in total. The summed E-state index contributed by atoms with van der Waals surface area (Å²) < 4.78 is 6.18. The van der Waals surface area contributed by atoms with E-state index in [2.05, 4.69) is 15.9 Å². The molecule has 0 aliphatic carbocycles. The smallest absolute Gasteiger partial charge is 0.307 e. The summed E-state index contributed by atoms with van der Waals surface area (Å²) in [6, 6.07) is 9.48. The lowest BCUT2D eigenvalue weighted by atomic mass is 10.0. The van der Waals surface area contributed by atoms with Crippen LogP contribution >= 0.6 is 15.9 Å². The van der Waals surface area contributed by atoms with E-state index in [4.69, 9.17) is 9.84 Å². The average Bonchev–Trinajstić information content (AvgIpc) is 2.28. The lowest BCUT2D eigenvalue weighted by Crippen LogP contribution is -2.03. The highest BCUT2D eigenvalue weighted by Gasteiger charge is 2.11. The number of methoxy groups -OCH3 is 1. The van der Waals surface area contributed by atoms with Gasteiger partial charge in [0.25, 0.3) is 0 Å². The second-order valence-corrected chi connectivity index (χ2v) is 4.60. The number of hydrogen-bond acceptors (Lipinski definition) is 2. The Morgan fingerprint density at radius 1 is 1.35 bits per heavy atom. The molecule has 0 heterocycles. The quantitative estimate of drug-likeness (QED) is 0.945. The second-order valence-electron chi connectivity index (χ2n) is 3.68. The molecule has 0 unspecified atom stereocenters. The molecule has 0 radical (unpaired) electrons. The topological polar surface area (TPSA) is 46.5 Å². The van der Waals surface area contributed by atoms with Gasteiger partial charge in [-0.15, -0.1) is 0 Å². The zero-order valence-electron chi connectivity index (χ0n) is 9.24. The van der Waals surface area contributed by atoms with E-state index in [1.807, 2.05) is 24.3 Å². The number of carbonyl (C=O) groups is 1. The molecule has 0 fully saturated rings. The summed E-state index contributed by atoms with van der Waals surface area (Å²) in [4.78, 5) is 10.9. The lowest BCUT2D eigenvalue weighted by molar-refractivity contribution is -0.136. The van der Waals surface area contributed by atoms with Crippen LogP contribution in [0.5, 0.6) is 5.75 Å². The van der Waals surface area contributed by atoms with Gasteiger partial charge in [0, 0.05) is 10.0 Å². The van der Waals surface area contributed by atoms with Crippen LogP contribution in [0.15, 0.2) is 34.8 Å². The minimum Gasteiger partial charge on any atom is -0.496 e. The maximum atomic E-state index is 10.9. The van der Waals surface area contributed by atoms with Gasteiger partial charge in [0.2, 0.25) is 0 Å². The first-order valence-corrected chi connectivity index (χ1v) is 5.88. The van der Waals surface area contributed by atoms with Crippen LogP contribution in [-0.4, -0.2) is 18.2 Å². The Kier molecular flexibility index (Phi) is 3.33. The molecule has 0 saturated heterocycles. The highest BCUT2D eigenvalue weighted by molar-refractivity contribution is 9.10. The first kappa shape index (κ1) is 11.9. The number of carboxylic acid groups (broad SMARTS) is 1. The van der Waals surface area contributed by atoms with Crippen molar-refractivity contribution in [3.8, 4) is 5.75 Å². The number of benzene rings is 2. The second kappa shape index (κ2) is 4.75. The van der Waals surface area contributed by atoms with E-state index in [1.54, 1.807) is 13.2 Å². The van der Waals surface area contributed by atoms with Crippen LogP contribution in [0.3, 0.4) is 0 Å².